The van der Waals surface area contributed by atoms with E-state index in [1.807, 2.05) is 16.8 Å². The van der Waals surface area contributed by atoms with Crippen molar-refractivity contribution < 1.29 is 9.52 Å². The van der Waals surface area contributed by atoms with Gasteiger partial charge < -0.3 is 19.4 Å². The molecule has 0 radical (unpaired) electrons. The standard InChI is InChI=1S/C29H32N4O2/c1-2-29-30-13-14-33(29)28(18-34)12-5-21-3-6-22(7-4-21)23-8-10-24(11-9-23)25-15-26(16-25)31-17-27-19-35-20-32-27/h3-14,19-20,25-26,28,31,34H,2,15-18H2,1H3/b12-5+. The van der Waals surface area contributed by atoms with Crippen LogP contribution in [-0.4, -0.2) is 32.3 Å². The summed E-state index contributed by atoms with van der Waals surface area (Å²) < 4.78 is 7.06. The zero-order chi connectivity index (χ0) is 24.0. The minimum absolute atomic E-state index is 0.0453. The van der Waals surface area contributed by atoms with Gasteiger partial charge in [-0.1, -0.05) is 67.6 Å². The van der Waals surface area contributed by atoms with Gasteiger partial charge in [0.05, 0.1) is 18.3 Å². The Kier molecular flexibility index (Phi) is 7.21. The number of nitrogens with one attached hydrogen (secondary N) is 1. The molecular weight excluding hydrogens is 436 g/mol. The largest absolute Gasteiger partial charge is 0.451 e. The monoisotopic (exact) mass is 468 g/mol. The maximum Gasteiger partial charge on any atom is 0.180 e. The summed E-state index contributed by atoms with van der Waals surface area (Å²) in [4.78, 5) is 8.52. The summed E-state index contributed by atoms with van der Waals surface area (Å²) in [6.45, 7) is 2.89. The lowest BCUT2D eigenvalue weighted by molar-refractivity contribution is 0.251. The van der Waals surface area contributed by atoms with Crippen molar-refractivity contribution in [2.24, 2.45) is 0 Å². The molecule has 2 heterocycles. The van der Waals surface area contributed by atoms with Crippen LogP contribution >= 0.6 is 0 Å². The van der Waals surface area contributed by atoms with Gasteiger partial charge in [0.15, 0.2) is 6.39 Å². The number of aliphatic hydroxyl groups is 1. The Morgan fingerprint density at radius 2 is 1.83 bits per heavy atom. The number of hydrogen-bond donors (Lipinski definition) is 2. The molecule has 1 unspecified atom stereocenters. The van der Waals surface area contributed by atoms with Crippen LogP contribution in [0.4, 0.5) is 0 Å². The molecule has 1 saturated carbocycles. The van der Waals surface area contributed by atoms with Crippen LogP contribution in [-0.2, 0) is 13.0 Å². The van der Waals surface area contributed by atoms with Crippen molar-refractivity contribution in [3.8, 4) is 11.1 Å². The molecule has 4 aromatic rings. The molecule has 1 aliphatic rings. The molecule has 0 aliphatic heterocycles. The molecule has 5 rings (SSSR count). The van der Waals surface area contributed by atoms with Crippen LogP contribution in [0.2, 0.25) is 0 Å². The van der Waals surface area contributed by atoms with Gasteiger partial charge in [-0.3, -0.25) is 0 Å². The summed E-state index contributed by atoms with van der Waals surface area (Å²) in [6, 6.07) is 18.0. The molecule has 6 nitrogen and oxygen atoms in total. The van der Waals surface area contributed by atoms with Gasteiger partial charge in [-0.15, -0.1) is 0 Å². The Balaban J connectivity index is 1.16. The highest BCUT2D eigenvalue weighted by molar-refractivity contribution is 5.66. The first-order chi connectivity index (χ1) is 17.2. The lowest BCUT2D eigenvalue weighted by Gasteiger charge is -2.36. The molecule has 1 aliphatic carbocycles. The van der Waals surface area contributed by atoms with Crippen LogP contribution in [0.1, 0.15) is 54.4 Å². The quantitative estimate of drug-likeness (QED) is 0.327. The predicted molar refractivity (Wildman–Crippen MR) is 138 cm³/mol. The Morgan fingerprint density at radius 3 is 2.49 bits per heavy atom. The van der Waals surface area contributed by atoms with E-state index in [9.17, 15) is 5.11 Å². The van der Waals surface area contributed by atoms with Crippen molar-refractivity contribution in [2.45, 2.75) is 50.7 Å². The van der Waals surface area contributed by atoms with Gasteiger partial charge in [0.1, 0.15) is 12.1 Å². The summed E-state index contributed by atoms with van der Waals surface area (Å²) in [7, 11) is 0. The van der Waals surface area contributed by atoms with E-state index in [0.29, 0.717) is 12.0 Å². The topological polar surface area (TPSA) is 76.1 Å². The molecule has 1 fully saturated rings. The van der Waals surface area contributed by atoms with Crippen LogP contribution in [0.5, 0.6) is 0 Å². The molecule has 0 amide bonds. The summed E-state index contributed by atoms with van der Waals surface area (Å²) >= 11 is 0. The number of benzene rings is 2. The van der Waals surface area contributed by atoms with Crippen molar-refractivity contribution in [3.05, 3.63) is 102 Å². The molecule has 2 N–H and O–H groups in total. The smallest absolute Gasteiger partial charge is 0.180 e. The average molecular weight is 469 g/mol. The second kappa shape index (κ2) is 10.8. The van der Waals surface area contributed by atoms with Crippen molar-refractivity contribution >= 4 is 6.08 Å². The normalized spacial score (nSPS) is 18.6. The van der Waals surface area contributed by atoms with E-state index < -0.39 is 0 Å². The first kappa shape index (κ1) is 23.3. The zero-order valence-corrected chi connectivity index (χ0v) is 20.0. The number of imidazole rings is 1. The lowest BCUT2D eigenvalue weighted by atomic mass is 9.75. The third-order valence-corrected chi connectivity index (χ3v) is 6.94. The zero-order valence-electron chi connectivity index (χ0n) is 20.0. The van der Waals surface area contributed by atoms with Gasteiger partial charge in [-0.2, -0.15) is 0 Å². The van der Waals surface area contributed by atoms with Crippen LogP contribution < -0.4 is 5.32 Å². The minimum atomic E-state index is -0.108. The number of nitrogens with zero attached hydrogens (tertiary/aromatic N) is 3. The summed E-state index contributed by atoms with van der Waals surface area (Å²) in [5, 5.41) is 13.4. The third-order valence-electron chi connectivity index (χ3n) is 6.94. The first-order valence-corrected chi connectivity index (χ1v) is 12.3. The number of aryl methyl sites for hydroxylation is 1. The number of rotatable bonds is 10. The van der Waals surface area contributed by atoms with E-state index in [2.05, 4.69) is 76.8 Å². The number of oxazole rings is 1. The maximum absolute atomic E-state index is 9.84. The average Bonchev–Trinajstić information content (AvgIpc) is 3.57. The molecule has 2 aromatic heterocycles. The van der Waals surface area contributed by atoms with Crippen LogP contribution in [0, 0.1) is 0 Å². The Hall–Kier alpha value is -3.48. The van der Waals surface area contributed by atoms with Gasteiger partial charge >= 0.3 is 0 Å². The van der Waals surface area contributed by atoms with Crippen LogP contribution in [0.3, 0.4) is 0 Å². The van der Waals surface area contributed by atoms with Crippen molar-refractivity contribution in [1.29, 1.82) is 0 Å². The fourth-order valence-corrected chi connectivity index (χ4v) is 4.75. The Bertz CT molecular complexity index is 1220. The molecular formula is C29H32N4O2. The predicted octanol–water partition coefficient (Wildman–Crippen LogP) is 5.38. The van der Waals surface area contributed by atoms with E-state index in [4.69, 9.17) is 4.42 Å². The number of aromatic nitrogens is 3. The lowest BCUT2D eigenvalue weighted by Crippen LogP contribution is -2.39. The summed E-state index contributed by atoms with van der Waals surface area (Å²) in [5.74, 6) is 1.60. The fourth-order valence-electron chi connectivity index (χ4n) is 4.75. The van der Waals surface area contributed by atoms with Gasteiger partial charge in [0.25, 0.3) is 0 Å². The summed E-state index contributed by atoms with van der Waals surface area (Å²) in [5.41, 5.74) is 5.91. The fraction of sp³-hybridized carbons (Fsp3) is 0.310. The highest BCUT2D eigenvalue weighted by atomic mass is 16.3. The van der Waals surface area contributed by atoms with Crippen molar-refractivity contribution in [3.63, 3.8) is 0 Å². The van der Waals surface area contributed by atoms with E-state index in [-0.39, 0.29) is 12.6 Å². The molecule has 2 aromatic carbocycles. The molecule has 6 heteroatoms. The highest BCUT2D eigenvalue weighted by Crippen LogP contribution is 2.37. The third kappa shape index (κ3) is 5.45. The van der Waals surface area contributed by atoms with Gasteiger partial charge in [0.2, 0.25) is 0 Å². The molecule has 180 valence electrons. The maximum atomic E-state index is 9.84. The highest BCUT2D eigenvalue weighted by Gasteiger charge is 2.29. The van der Waals surface area contributed by atoms with Gasteiger partial charge in [-0.25, -0.2) is 9.97 Å². The second-order valence-corrected chi connectivity index (χ2v) is 9.18. The molecule has 0 saturated heterocycles. The molecule has 0 bridgehead atoms. The molecule has 1 atom stereocenters. The van der Waals surface area contributed by atoms with Gasteiger partial charge in [0, 0.05) is 31.4 Å². The summed E-state index contributed by atoms with van der Waals surface area (Å²) in [6.07, 6.45) is 14.1. The molecule has 0 spiro atoms. The van der Waals surface area contributed by atoms with Crippen LogP contribution in [0.15, 0.2) is 84.1 Å². The van der Waals surface area contributed by atoms with E-state index in [1.165, 1.54) is 23.1 Å². The van der Waals surface area contributed by atoms with Crippen molar-refractivity contribution in [1.82, 2.24) is 19.9 Å². The van der Waals surface area contributed by atoms with E-state index in [0.717, 1.165) is 42.9 Å². The second-order valence-electron chi connectivity index (χ2n) is 9.18. The minimum Gasteiger partial charge on any atom is -0.451 e. The molecule has 35 heavy (non-hydrogen) atoms. The number of aliphatic hydroxyl groups excluding tert-OH is 1. The Labute approximate surface area is 206 Å². The number of hydrogen-bond acceptors (Lipinski definition) is 5. The van der Waals surface area contributed by atoms with E-state index >= 15 is 0 Å². The van der Waals surface area contributed by atoms with E-state index in [1.54, 1.807) is 12.5 Å². The van der Waals surface area contributed by atoms with Crippen molar-refractivity contribution in [2.75, 3.05) is 6.61 Å². The van der Waals surface area contributed by atoms with Gasteiger partial charge in [-0.05, 0) is 41.0 Å². The Morgan fingerprint density at radius 1 is 1.09 bits per heavy atom. The SMILES string of the molecule is CCc1nccn1C(/C=C/c1ccc(-c2ccc(C3CC(NCc4cocn4)C3)cc2)cc1)CO. The van der Waals surface area contributed by atoms with Crippen LogP contribution in [0.25, 0.3) is 17.2 Å². The first-order valence-electron chi connectivity index (χ1n) is 12.3.